The summed E-state index contributed by atoms with van der Waals surface area (Å²) in [7, 11) is 2.24. The predicted molar refractivity (Wildman–Crippen MR) is 97.1 cm³/mol. The maximum absolute atomic E-state index is 12.9. The molecule has 1 spiro atoms. The third-order valence-corrected chi connectivity index (χ3v) is 5.58. The van der Waals surface area contributed by atoms with E-state index in [0.29, 0.717) is 12.0 Å². The summed E-state index contributed by atoms with van der Waals surface area (Å²) >= 11 is 0. The van der Waals surface area contributed by atoms with Crippen molar-refractivity contribution in [3.8, 4) is 0 Å². The Kier molecular flexibility index (Phi) is 7.75. The van der Waals surface area contributed by atoms with Crippen molar-refractivity contribution in [2.75, 3.05) is 38.3 Å². The van der Waals surface area contributed by atoms with Crippen molar-refractivity contribution in [3.63, 3.8) is 0 Å². The molecular formula is C18H26F4N4O3. The van der Waals surface area contributed by atoms with Crippen molar-refractivity contribution in [2.45, 2.75) is 50.4 Å². The molecule has 0 aromatic carbocycles. The minimum absolute atomic E-state index is 0.290. The zero-order valence-corrected chi connectivity index (χ0v) is 16.5. The van der Waals surface area contributed by atoms with Crippen LogP contribution in [-0.2, 0) is 9.53 Å². The largest absolute Gasteiger partial charge is 0.490 e. The molecule has 1 unspecified atom stereocenters. The molecule has 1 aromatic heterocycles. The molecular weight excluding hydrogens is 396 g/mol. The highest BCUT2D eigenvalue weighted by Gasteiger charge is 2.45. The van der Waals surface area contributed by atoms with Gasteiger partial charge in [0.1, 0.15) is 0 Å². The van der Waals surface area contributed by atoms with Gasteiger partial charge < -0.3 is 14.7 Å². The molecule has 3 rings (SSSR count). The molecule has 0 saturated carbocycles. The molecule has 164 valence electrons. The van der Waals surface area contributed by atoms with E-state index >= 15 is 0 Å². The Balaban J connectivity index is 0.000000370. The fraction of sp³-hybridized carbons (Fsp3) is 0.722. The SMILES string of the molecule is CCOCC1CCC2(CCN(c3ncc(F)cn3)CC2)N1C.O=C(O)C(F)(F)F. The first-order valence-corrected chi connectivity index (χ1v) is 9.42. The lowest BCUT2D eigenvalue weighted by atomic mass is 9.85. The van der Waals surface area contributed by atoms with Crippen LogP contribution in [0.3, 0.4) is 0 Å². The highest BCUT2D eigenvalue weighted by Crippen LogP contribution is 2.40. The maximum Gasteiger partial charge on any atom is 0.490 e. The lowest BCUT2D eigenvalue weighted by molar-refractivity contribution is -0.192. The number of rotatable bonds is 4. The highest BCUT2D eigenvalue weighted by atomic mass is 19.4. The van der Waals surface area contributed by atoms with Gasteiger partial charge in [-0.2, -0.15) is 13.2 Å². The van der Waals surface area contributed by atoms with E-state index in [4.69, 9.17) is 14.6 Å². The lowest BCUT2D eigenvalue weighted by Gasteiger charge is -2.45. The van der Waals surface area contributed by atoms with Crippen molar-refractivity contribution in [1.29, 1.82) is 0 Å². The number of hydrogen-bond donors (Lipinski definition) is 1. The van der Waals surface area contributed by atoms with Crippen molar-refractivity contribution >= 4 is 11.9 Å². The molecule has 29 heavy (non-hydrogen) atoms. The summed E-state index contributed by atoms with van der Waals surface area (Å²) in [6.07, 6.45) is 2.06. The van der Waals surface area contributed by atoms with Gasteiger partial charge in [-0.25, -0.2) is 19.2 Å². The third-order valence-electron chi connectivity index (χ3n) is 5.58. The molecule has 1 atom stereocenters. The van der Waals surface area contributed by atoms with Gasteiger partial charge in [-0.1, -0.05) is 0 Å². The molecule has 0 aliphatic carbocycles. The second-order valence-electron chi connectivity index (χ2n) is 7.18. The van der Waals surface area contributed by atoms with E-state index < -0.39 is 12.1 Å². The summed E-state index contributed by atoms with van der Waals surface area (Å²) in [6, 6.07) is 0.536. The van der Waals surface area contributed by atoms with Crippen LogP contribution in [0, 0.1) is 5.82 Å². The number of likely N-dealkylation sites (N-methyl/N-ethyl adjacent to an activating group) is 1. The Morgan fingerprint density at radius 1 is 1.28 bits per heavy atom. The van der Waals surface area contributed by atoms with Crippen molar-refractivity contribution in [3.05, 3.63) is 18.2 Å². The van der Waals surface area contributed by atoms with Gasteiger partial charge in [0.15, 0.2) is 5.82 Å². The summed E-state index contributed by atoms with van der Waals surface area (Å²) in [6.45, 7) is 5.52. The van der Waals surface area contributed by atoms with Crippen molar-refractivity contribution in [2.24, 2.45) is 0 Å². The molecule has 0 bridgehead atoms. The standard InChI is InChI=1S/C16H25FN4O.C2HF3O2/c1-3-22-12-14-4-5-16(20(14)2)6-8-21(9-7-16)15-18-10-13(17)11-19-15;3-2(4,5)1(6)7/h10-11,14H,3-9,12H2,1-2H3;(H,6,7). The molecule has 11 heteroatoms. The van der Waals surface area contributed by atoms with E-state index in [1.54, 1.807) is 0 Å². The zero-order valence-electron chi connectivity index (χ0n) is 16.5. The predicted octanol–water partition coefficient (Wildman–Crippen LogP) is 2.72. The van der Waals surface area contributed by atoms with Gasteiger partial charge in [-0.3, -0.25) is 4.90 Å². The van der Waals surface area contributed by atoms with Gasteiger partial charge in [0, 0.05) is 31.3 Å². The number of nitrogens with zero attached hydrogens (tertiary/aromatic N) is 4. The zero-order chi connectivity index (χ0) is 21.7. The Labute approximate surface area is 166 Å². The quantitative estimate of drug-likeness (QED) is 0.748. The van der Waals surface area contributed by atoms with E-state index in [9.17, 15) is 17.6 Å². The van der Waals surface area contributed by atoms with Gasteiger partial charge in [-0.15, -0.1) is 0 Å². The van der Waals surface area contributed by atoms with E-state index in [1.807, 2.05) is 6.92 Å². The van der Waals surface area contributed by atoms with E-state index in [0.717, 1.165) is 39.1 Å². The number of anilines is 1. The van der Waals surface area contributed by atoms with Crippen LogP contribution in [0.25, 0.3) is 0 Å². The molecule has 3 heterocycles. The first kappa shape index (κ1) is 23.3. The third kappa shape index (κ3) is 5.99. The Bertz CT molecular complexity index is 664. The summed E-state index contributed by atoms with van der Waals surface area (Å²) in [5, 5.41) is 7.12. The number of aromatic nitrogens is 2. The van der Waals surface area contributed by atoms with Crippen LogP contribution in [0.5, 0.6) is 0 Å². The maximum atomic E-state index is 12.9. The molecule has 0 amide bonds. The number of ether oxygens (including phenoxy) is 1. The Hall–Kier alpha value is -2.01. The number of piperidine rings is 1. The number of carboxylic acid groups (broad SMARTS) is 1. The first-order chi connectivity index (χ1) is 13.6. The van der Waals surface area contributed by atoms with Crippen molar-refractivity contribution < 1.29 is 32.2 Å². The fourth-order valence-corrected chi connectivity index (χ4v) is 3.84. The molecule has 1 aromatic rings. The summed E-state index contributed by atoms with van der Waals surface area (Å²) in [5.41, 5.74) is 0.290. The average molecular weight is 422 g/mol. The van der Waals surface area contributed by atoms with Crippen LogP contribution in [0.15, 0.2) is 12.4 Å². The second kappa shape index (κ2) is 9.66. The van der Waals surface area contributed by atoms with Crippen LogP contribution in [0.4, 0.5) is 23.5 Å². The van der Waals surface area contributed by atoms with Gasteiger partial charge >= 0.3 is 12.1 Å². The molecule has 2 aliphatic rings. The topological polar surface area (TPSA) is 78.8 Å². The highest BCUT2D eigenvalue weighted by molar-refractivity contribution is 5.73. The normalized spacial score (nSPS) is 21.7. The van der Waals surface area contributed by atoms with Crippen LogP contribution in [0.1, 0.15) is 32.6 Å². The van der Waals surface area contributed by atoms with Crippen LogP contribution in [-0.4, -0.2) is 77.1 Å². The van der Waals surface area contributed by atoms with Gasteiger partial charge in [0.2, 0.25) is 5.95 Å². The average Bonchev–Trinajstić information content (AvgIpc) is 2.97. The van der Waals surface area contributed by atoms with Crippen LogP contribution >= 0.6 is 0 Å². The lowest BCUT2D eigenvalue weighted by Crippen LogP contribution is -2.53. The molecule has 1 N–H and O–H groups in total. The Morgan fingerprint density at radius 3 is 2.31 bits per heavy atom. The summed E-state index contributed by atoms with van der Waals surface area (Å²) in [4.78, 5) is 21.8. The number of aliphatic carboxylic acids is 1. The monoisotopic (exact) mass is 422 g/mol. The Morgan fingerprint density at radius 2 is 1.83 bits per heavy atom. The number of hydrogen-bond acceptors (Lipinski definition) is 6. The van der Waals surface area contributed by atoms with Crippen molar-refractivity contribution in [1.82, 2.24) is 14.9 Å². The molecule has 7 nitrogen and oxygen atoms in total. The second-order valence-corrected chi connectivity index (χ2v) is 7.18. The molecule has 2 fully saturated rings. The van der Waals surface area contributed by atoms with Crippen LogP contribution < -0.4 is 4.90 Å². The smallest absolute Gasteiger partial charge is 0.475 e. The van der Waals surface area contributed by atoms with Crippen LogP contribution in [0.2, 0.25) is 0 Å². The van der Waals surface area contributed by atoms with E-state index in [-0.39, 0.29) is 11.4 Å². The molecule has 0 radical (unpaired) electrons. The molecule has 2 aliphatic heterocycles. The van der Waals surface area contributed by atoms with Gasteiger partial charge in [-0.05, 0) is 39.7 Å². The first-order valence-electron chi connectivity index (χ1n) is 9.42. The number of likely N-dealkylation sites (tertiary alicyclic amines) is 1. The minimum Gasteiger partial charge on any atom is -0.475 e. The van der Waals surface area contributed by atoms with E-state index in [2.05, 4.69) is 26.8 Å². The van der Waals surface area contributed by atoms with Gasteiger partial charge in [0.05, 0.1) is 19.0 Å². The summed E-state index contributed by atoms with van der Waals surface area (Å²) < 4.78 is 50.3. The van der Waals surface area contributed by atoms with E-state index in [1.165, 1.54) is 25.2 Å². The number of carboxylic acids is 1. The number of alkyl halides is 3. The summed E-state index contributed by atoms with van der Waals surface area (Å²) in [5.74, 6) is -2.50. The van der Waals surface area contributed by atoms with Gasteiger partial charge in [0.25, 0.3) is 0 Å². The number of halogens is 4. The molecule has 2 saturated heterocycles. The minimum atomic E-state index is -5.08. The fourth-order valence-electron chi connectivity index (χ4n) is 3.84. The number of carbonyl (C=O) groups is 1.